The van der Waals surface area contributed by atoms with Gasteiger partial charge in [-0.25, -0.2) is 8.42 Å². The van der Waals surface area contributed by atoms with Crippen LogP contribution >= 0.6 is 0 Å². The second kappa shape index (κ2) is 7.21. The molecule has 0 aromatic carbocycles. The molecule has 0 aliphatic heterocycles. The van der Waals surface area contributed by atoms with Crippen molar-refractivity contribution in [1.82, 2.24) is 9.62 Å². The van der Waals surface area contributed by atoms with Gasteiger partial charge in [0.25, 0.3) is 0 Å². The van der Waals surface area contributed by atoms with Gasteiger partial charge in [-0.15, -0.1) is 0 Å². The molecule has 0 radical (unpaired) electrons. The summed E-state index contributed by atoms with van der Waals surface area (Å²) in [6.07, 6.45) is 0.586. The van der Waals surface area contributed by atoms with Gasteiger partial charge >= 0.3 is 0 Å². The average Bonchev–Trinajstić information content (AvgIpc) is 2.22. The number of rotatable bonds is 8. The third-order valence-electron chi connectivity index (χ3n) is 2.46. The Bertz CT molecular complexity index is 278. The van der Waals surface area contributed by atoms with Gasteiger partial charge in [0.05, 0.1) is 12.4 Å². The van der Waals surface area contributed by atoms with Crippen molar-refractivity contribution in [2.24, 2.45) is 0 Å². The van der Waals surface area contributed by atoms with E-state index >= 15 is 0 Å². The zero-order valence-corrected chi connectivity index (χ0v) is 11.4. The number of likely N-dealkylation sites (N-methyl/N-ethyl adjacent to an activating group) is 1. The van der Waals surface area contributed by atoms with E-state index in [4.69, 9.17) is 5.11 Å². The van der Waals surface area contributed by atoms with E-state index in [-0.39, 0.29) is 18.4 Å². The maximum Gasteiger partial charge on any atom is 0.214 e. The molecule has 0 saturated heterocycles. The van der Waals surface area contributed by atoms with E-state index in [9.17, 15) is 8.42 Å². The second-order valence-electron chi connectivity index (χ2n) is 4.33. The molecule has 6 heteroatoms. The molecule has 0 saturated carbocycles. The predicted molar refractivity (Wildman–Crippen MR) is 65.9 cm³/mol. The Morgan fingerprint density at radius 2 is 1.88 bits per heavy atom. The molecule has 0 aliphatic carbocycles. The lowest BCUT2D eigenvalue weighted by atomic mass is 10.4. The zero-order chi connectivity index (χ0) is 12.8. The Morgan fingerprint density at radius 1 is 1.31 bits per heavy atom. The fourth-order valence-corrected chi connectivity index (χ4v) is 2.59. The normalized spacial score (nSPS) is 14.7. The number of hydrogen-bond acceptors (Lipinski definition) is 4. The number of aliphatic hydroxyl groups excluding tert-OH is 1. The molecule has 2 N–H and O–H groups in total. The summed E-state index contributed by atoms with van der Waals surface area (Å²) in [6, 6.07) is 0.0138. The highest BCUT2D eigenvalue weighted by Gasteiger charge is 2.21. The number of nitrogens with zero attached hydrogens (tertiary/aromatic N) is 1. The summed E-state index contributed by atoms with van der Waals surface area (Å²) in [7, 11) is -1.73. The number of nitrogens with one attached hydrogen (secondary N) is 1. The summed E-state index contributed by atoms with van der Waals surface area (Å²) in [5, 5.41) is 12.1. The van der Waals surface area contributed by atoms with Crippen LogP contribution in [0, 0.1) is 0 Å². The van der Waals surface area contributed by atoms with Gasteiger partial charge < -0.3 is 10.4 Å². The van der Waals surface area contributed by atoms with Crippen molar-refractivity contribution < 1.29 is 13.5 Å². The lowest BCUT2D eigenvalue weighted by Gasteiger charge is -2.22. The van der Waals surface area contributed by atoms with Crippen LogP contribution in [0.15, 0.2) is 0 Å². The summed E-state index contributed by atoms with van der Waals surface area (Å²) >= 11 is 0. The third-order valence-corrected chi connectivity index (χ3v) is 4.50. The van der Waals surface area contributed by atoms with Gasteiger partial charge in [0, 0.05) is 19.1 Å². The molecule has 1 atom stereocenters. The number of aliphatic hydroxyl groups is 1. The number of sulfonamides is 1. The van der Waals surface area contributed by atoms with Gasteiger partial charge in [-0.3, -0.25) is 0 Å². The maximum absolute atomic E-state index is 11.8. The molecule has 0 fully saturated rings. The molecular weight excluding hydrogens is 228 g/mol. The standard InChI is InChI=1S/C10H24N2O3S/c1-9(2)11-6-5-7-16(14,15)12(4)10(3)8-13/h9-11,13H,5-8H2,1-4H3. The minimum atomic E-state index is -3.24. The fourth-order valence-electron chi connectivity index (χ4n) is 1.18. The first-order valence-corrected chi connectivity index (χ1v) is 7.22. The molecule has 1 unspecified atom stereocenters. The largest absolute Gasteiger partial charge is 0.395 e. The van der Waals surface area contributed by atoms with E-state index in [0.717, 1.165) is 0 Å². The Morgan fingerprint density at radius 3 is 2.31 bits per heavy atom. The maximum atomic E-state index is 11.8. The SMILES string of the molecule is CC(C)NCCCS(=O)(=O)N(C)C(C)CO. The lowest BCUT2D eigenvalue weighted by Crippen LogP contribution is -2.39. The van der Waals surface area contributed by atoms with E-state index in [0.29, 0.717) is 19.0 Å². The third kappa shape index (κ3) is 5.79. The van der Waals surface area contributed by atoms with Crippen molar-refractivity contribution in [2.45, 2.75) is 39.3 Å². The molecule has 5 nitrogen and oxygen atoms in total. The van der Waals surface area contributed by atoms with Crippen molar-refractivity contribution in [3.05, 3.63) is 0 Å². The van der Waals surface area contributed by atoms with Gasteiger partial charge in [0.2, 0.25) is 10.0 Å². The van der Waals surface area contributed by atoms with E-state index in [2.05, 4.69) is 5.32 Å². The topological polar surface area (TPSA) is 69.6 Å². The molecule has 0 bridgehead atoms. The quantitative estimate of drug-likeness (QED) is 0.597. The first-order valence-electron chi connectivity index (χ1n) is 5.61. The van der Waals surface area contributed by atoms with Crippen LogP contribution in [0.3, 0.4) is 0 Å². The van der Waals surface area contributed by atoms with Crippen molar-refractivity contribution in [2.75, 3.05) is 26.0 Å². The summed E-state index contributed by atoms with van der Waals surface area (Å²) in [5.74, 6) is 0.119. The van der Waals surface area contributed by atoms with E-state index in [1.165, 1.54) is 11.4 Å². The monoisotopic (exact) mass is 252 g/mol. The van der Waals surface area contributed by atoms with Crippen molar-refractivity contribution in [3.63, 3.8) is 0 Å². The zero-order valence-electron chi connectivity index (χ0n) is 10.6. The lowest BCUT2D eigenvalue weighted by molar-refractivity contribution is 0.214. The summed E-state index contributed by atoms with van der Waals surface area (Å²) < 4.78 is 24.8. The van der Waals surface area contributed by atoms with Crippen molar-refractivity contribution in [3.8, 4) is 0 Å². The highest BCUT2D eigenvalue weighted by molar-refractivity contribution is 7.89. The van der Waals surface area contributed by atoms with Crippen LogP contribution in [0.5, 0.6) is 0 Å². The summed E-state index contributed by atoms with van der Waals surface area (Å²) in [5.41, 5.74) is 0. The van der Waals surface area contributed by atoms with E-state index < -0.39 is 10.0 Å². The van der Waals surface area contributed by atoms with Gasteiger partial charge in [0.1, 0.15) is 0 Å². The first-order chi connectivity index (χ1) is 7.31. The van der Waals surface area contributed by atoms with Crippen LogP contribution in [-0.4, -0.2) is 55.9 Å². The smallest absolute Gasteiger partial charge is 0.214 e. The molecule has 16 heavy (non-hydrogen) atoms. The van der Waals surface area contributed by atoms with Crippen LogP contribution in [0.1, 0.15) is 27.2 Å². The molecule has 0 aliphatic rings. The van der Waals surface area contributed by atoms with Crippen LogP contribution in [0.4, 0.5) is 0 Å². The molecule has 0 amide bonds. The molecular formula is C10H24N2O3S. The molecule has 0 aromatic heterocycles. The molecule has 0 heterocycles. The van der Waals surface area contributed by atoms with Crippen LogP contribution in [0.25, 0.3) is 0 Å². The molecule has 0 spiro atoms. The number of hydrogen-bond donors (Lipinski definition) is 2. The van der Waals surface area contributed by atoms with Gasteiger partial charge in [-0.2, -0.15) is 4.31 Å². The van der Waals surface area contributed by atoms with Crippen LogP contribution < -0.4 is 5.32 Å². The van der Waals surface area contributed by atoms with Crippen molar-refractivity contribution >= 4 is 10.0 Å². The Kier molecular flexibility index (Phi) is 7.14. The molecule has 0 rings (SSSR count). The Labute approximate surface area is 98.9 Å². The Balaban J connectivity index is 4.05. The van der Waals surface area contributed by atoms with Crippen LogP contribution in [-0.2, 0) is 10.0 Å². The molecule has 0 aromatic rings. The van der Waals surface area contributed by atoms with E-state index in [1.54, 1.807) is 6.92 Å². The van der Waals surface area contributed by atoms with Gasteiger partial charge in [-0.05, 0) is 19.9 Å². The Hall–Kier alpha value is -0.170. The van der Waals surface area contributed by atoms with Crippen molar-refractivity contribution in [1.29, 1.82) is 0 Å². The van der Waals surface area contributed by atoms with Gasteiger partial charge in [-0.1, -0.05) is 13.8 Å². The highest BCUT2D eigenvalue weighted by atomic mass is 32.2. The highest BCUT2D eigenvalue weighted by Crippen LogP contribution is 2.05. The fraction of sp³-hybridized carbons (Fsp3) is 1.00. The minimum Gasteiger partial charge on any atom is -0.395 e. The summed E-state index contributed by atoms with van der Waals surface area (Å²) in [6.45, 7) is 6.27. The van der Waals surface area contributed by atoms with Crippen LogP contribution in [0.2, 0.25) is 0 Å². The second-order valence-corrected chi connectivity index (χ2v) is 6.47. The molecule has 98 valence electrons. The van der Waals surface area contributed by atoms with E-state index in [1.807, 2.05) is 13.8 Å². The average molecular weight is 252 g/mol. The van der Waals surface area contributed by atoms with Gasteiger partial charge in [0.15, 0.2) is 0 Å². The summed E-state index contributed by atoms with van der Waals surface area (Å²) in [4.78, 5) is 0. The first kappa shape index (κ1) is 15.8. The minimum absolute atomic E-state index is 0.119. The predicted octanol–water partition coefficient (Wildman–Crippen LogP) is 0.0169.